The van der Waals surface area contributed by atoms with Crippen molar-refractivity contribution < 1.29 is 19.0 Å². The Bertz CT molecular complexity index is 713. The molecular formula is C14H15N3O4S. The molecule has 0 atom stereocenters. The molecule has 1 aliphatic heterocycles. The topological polar surface area (TPSA) is 81.7 Å². The molecule has 1 aromatic carbocycles. The van der Waals surface area contributed by atoms with Crippen LogP contribution in [0.15, 0.2) is 30.2 Å². The number of thiazole rings is 1. The molecule has 116 valence electrons. The van der Waals surface area contributed by atoms with Crippen LogP contribution in [-0.4, -0.2) is 30.7 Å². The molecule has 1 aliphatic rings. The first-order chi connectivity index (χ1) is 10.8. The average Bonchev–Trinajstić information content (AvgIpc) is 2.98. The van der Waals surface area contributed by atoms with Gasteiger partial charge in [-0.2, -0.15) is 0 Å². The van der Waals surface area contributed by atoms with Crippen molar-refractivity contribution in [2.45, 2.75) is 6.92 Å². The van der Waals surface area contributed by atoms with E-state index in [-0.39, 0.29) is 5.76 Å². The zero-order chi connectivity index (χ0) is 15.4. The van der Waals surface area contributed by atoms with Crippen LogP contribution in [0.4, 0.5) is 5.13 Å². The zero-order valence-corrected chi connectivity index (χ0v) is 12.7. The molecule has 0 bridgehead atoms. The minimum Gasteiger partial charge on any atom is -0.494 e. The van der Waals surface area contributed by atoms with Crippen LogP contribution in [0, 0.1) is 0 Å². The van der Waals surface area contributed by atoms with Gasteiger partial charge in [-0.05, 0) is 19.1 Å². The molecule has 8 heteroatoms. The van der Waals surface area contributed by atoms with Crippen molar-refractivity contribution in [3.05, 3.63) is 30.2 Å². The smallest absolute Gasteiger partial charge is 0.307 e. The molecule has 1 amide bonds. The second-order valence-electron chi connectivity index (χ2n) is 4.34. The predicted octanol–water partition coefficient (Wildman–Crippen LogP) is 2.03. The Morgan fingerprint density at radius 3 is 3.14 bits per heavy atom. The summed E-state index contributed by atoms with van der Waals surface area (Å²) in [6, 6.07) is 5.72. The van der Waals surface area contributed by atoms with E-state index in [9.17, 15) is 4.79 Å². The summed E-state index contributed by atoms with van der Waals surface area (Å²) in [6.07, 6.45) is 1.30. The summed E-state index contributed by atoms with van der Waals surface area (Å²) in [7, 11) is 0. The summed E-state index contributed by atoms with van der Waals surface area (Å²) in [5, 5.41) is 0.563. The zero-order valence-electron chi connectivity index (χ0n) is 11.9. The number of hydrogen-bond acceptors (Lipinski definition) is 7. The second-order valence-corrected chi connectivity index (χ2v) is 5.37. The molecule has 0 aliphatic carbocycles. The summed E-state index contributed by atoms with van der Waals surface area (Å²) in [5.74, 6) is 0.446. The van der Waals surface area contributed by atoms with E-state index in [1.54, 1.807) is 0 Å². The van der Waals surface area contributed by atoms with Gasteiger partial charge in [-0.3, -0.25) is 15.6 Å². The van der Waals surface area contributed by atoms with E-state index in [4.69, 9.17) is 14.2 Å². The van der Waals surface area contributed by atoms with Gasteiger partial charge in [0.05, 0.1) is 11.3 Å². The van der Waals surface area contributed by atoms with Crippen molar-refractivity contribution in [1.29, 1.82) is 0 Å². The molecule has 1 aromatic heterocycles. The molecule has 22 heavy (non-hydrogen) atoms. The number of carbonyl (C=O) groups excluding carboxylic acids is 1. The van der Waals surface area contributed by atoms with Gasteiger partial charge in [-0.15, -0.1) is 0 Å². The van der Waals surface area contributed by atoms with E-state index in [0.717, 1.165) is 16.0 Å². The molecule has 2 aromatic rings. The highest BCUT2D eigenvalue weighted by atomic mass is 32.1. The van der Waals surface area contributed by atoms with Crippen LogP contribution in [0.2, 0.25) is 0 Å². The fraction of sp³-hybridized carbons (Fsp3) is 0.286. The van der Waals surface area contributed by atoms with Gasteiger partial charge in [0.2, 0.25) is 10.9 Å². The predicted molar refractivity (Wildman–Crippen MR) is 82.5 cm³/mol. The molecule has 2 N–H and O–H groups in total. The van der Waals surface area contributed by atoms with Crippen molar-refractivity contribution in [2.75, 3.05) is 25.2 Å². The summed E-state index contributed by atoms with van der Waals surface area (Å²) in [5.41, 5.74) is 6.07. The quantitative estimate of drug-likeness (QED) is 0.820. The average molecular weight is 321 g/mol. The monoisotopic (exact) mass is 321 g/mol. The lowest BCUT2D eigenvalue weighted by atomic mass is 10.3. The highest BCUT2D eigenvalue weighted by molar-refractivity contribution is 7.22. The van der Waals surface area contributed by atoms with Crippen molar-refractivity contribution in [3.63, 3.8) is 0 Å². The standard InChI is InChI=1S/C14H15N3O4S/c1-2-20-9-4-3-5-11-12(9)15-14(22-11)17-16-13(18)10-8-19-6-7-21-10/h3-5,8H,2,6-7H2,1H3,(H,15,17)(H,16,18). The number of ether oxygens (including phenoxy) is 3. The van der Waals surface area contributed by atoms with Gasteiger partial charge in [0.15, 0.2) is 0 Å². The third-order valence-electron chi connectivity index (χ3n) is 2.84. The molecule has 0 fully saturated rings. The molecule has 0 spiro atoms. The van der Waals surface area contributed by atoms with E-state index in [1.165, 1.54) is 17.6 Å². The Labute approximate surface area is 130 Å². The first-order valence-corrected chi connectivity index (χ1v) is 7.63. The molecule has 0 saturated carbocycles. The number of hydrogen-bond donors (Lipinski definition) is 2. The van der Waals surface area contributed by atoms with E-state index < -0.39 is 5.91 Å². The first-order valence-electron chi connectivity index (χ1n) is 6.81. The van der Waals surface area contributed by atoms with Gasteiger partial charge in [0.25, 0.3) is 0 Å². The number of aromatic nitrogens is 1. The number of rotatable bonds is 5. The fourth-order valence-corrected chi connectivity index (χ4v) is 2.74. The maximum absolute atomic E-state index is 11.9. The summed E-state index contributed by atoms with van der Waals surface area (Å²) >= 11 is 1.42. The molecule has 0 saturated heterocycles. The lowest BCUT2D eigenvalue weighted by molar-refractivity contribution is -0.121. The number of hydrazine groups is 1. The molecule has 3 rings (SSSR count). The minimum atomic E-state index is -0.413. The molecule has 2 heterocycles. The summed E-state index contributed by atoms with van der Waals surface area (Å²) < 4.78 is 16.7. The maximum atomic E-state index is 11.9. The minimum absolute atomic E-state index is 0.134. The van der Waals surface area contributed by atoms with Crippen LogP contribution in [0.5, 0.6) is 5.75 Å². The van der Waals surface area contributed by atoms with Gasteiger partial charge in [0, 0.05) is 0 Å². The number of anilines is 1. The number of fused-ring (bicyclic) bond motifs is 1. The van der Waals surface area contributed by atoms with Gasteiger partial charge >= 0.3 is 5.91 Å². The second kappa shape index (κ2) is 6.52. The molecule has 0 unspecified atom stereocenters. The van der Waals surface area contributed by atoms with Crippen LogP contribution in [-0.2, 0) is 14.3 Å². The normalized spacial score (nSPS) is 13.8. The van der Waals surface area contributed by atoms with Crippen molar-refractivity contribution in [3.8, 4) is 5.75 Å². The molecule has 0 radical (unpaired) electrons. The van der Waals surface area contributed by atoms with Crippen LogP contribution in [0.3, 0.4) is 0 Å². The van der Waals surface area contributed by atoms with E-state index in [1.807, 2.05) is 25.1 Å². The van der Waals surface area contributed by atoms with Crippen LogP contribution in [0.1, 0.15) is 6.92 Å². The van der Waals surface area contributed by atoms with Crippen molar-refractivity contribution in [2.24, 2.45) is 0 Å². The highest BCUT2D eigenvalue weighted by Gasteiger charge is 2.15. The van der Waals surface area contributed by atoms with E-state index in [2.05, 4.69) is 15.8 Å². The Morgan fingerprint density at radius 2 is 2.36 bits per heavy atom. The Morgan fingerprint density at radius 1 is 1.45 bits per heavy atom. The number of benzene rings is 1. The largest absolute Gasteiger partial charge is 0.494 e. The van der Waals surface area contributed by atoms with Crippen molar-refractivity contribution in [1.82, 2.24) is 10.4 Å². The third-order valence-corrected chi connectivity index (χ3v) is 3.77. The van der Waals surface area contributed by atoms with Gasteiger partial charge in [0.1, 0.15) is 30.7 Å². The third kappa shape index (κ3) is 3.06. The maximum Gasteiger partial charge on any atom is 0.307 e. The lowest BCUT2D eigenvalue weighted by Gasteiger charge is -2.14. The van der Waals surface area contributed by atoms with Crippen LogP contribution >= 0.6 is 11.3 Å². The Balaban J connectivity index is 1.70. The first kappa shape index (κ1) is 14.5. The highest BCUT2D eigenvalue weighted by Crippen LogP contribution is 2.31. The van der Waals surface area contributed by atoms with Gasteiger partial charge < -0.3 is 14.2 Å². The van der Waals surface area contributed by atoms with Crippen LogP contribution < -0.4 is 15.6 Å². The number of para-hydroxylation sites is 1. The number of nitrogens with zero attached hydrogens (tertiary/aromatic N) is 1. The van der Waals surface area contributed by atoms with Gasteiger partial charge in [-0.25, -0.2) is 4.98 Å². The SMILES string of the molecule is CCOc1cccc2sc(NNC(=O)C3=COCCO3)nc12. The summed E-state index contributed by atoms with van der Waals surface area (Å²) in [6.45, 7) is 3.30. The number of carbonyl (C=O) groups is 1. The molecule has 7 nitrogen and oxygen atoms in total. The van der Waals surface area contributed by atoms with Crippen LogP contribution in [0.25, 0.3) is 10.2 Å². The van der Waals surface area contributed by atoms with E-state index in [0.29, 0.717) is 25.0 Å². The summed E-state index contributed by atoms with van der Waals surface area (Å²) in [4.78, 5) is 16.3. The molecular weight excluding hydrogens is 306 g/mol. The van der Waals surface area contributed by atoms with Gasteiger partial charge in [-0.1, -0.05) is 17.4 Å². The fourth-order valence-electron chi connectivity index (χ4n) is 1.91. The van der Waals surface area contributed by atoms with Crippen molar-refractivity contribution >= 4 is 32.6 Å². The number of nitrogens with one attached hydrogen (secondary N) is 2. The number of amides is 1. The Hall–Kier alpha value is -2.48. The van der Waals surface area contributed by atoms with E-state index >= 15 is 0 Å². The Kier molecular flexibility index (Phi) is 4.29. The lowest BCUT2D eigenvalue weighted by Crippen LogP contribution is -2.32.